The number of esters is 1. The van der Waals surface area contributed by atoms with Gasteiger partial charge in [0, 0.05) is 13.0 Å². The molecule has 0 saturated carbocycles. The number of aryl methyl sites for hydroxylation is 1. The Labute approximate surface area is 113 Å². The van der Waals surface area contributed by atoms with Crippen molar-refractivity contribution in [1.29, 1.82) is 0 Å². The summed E-state index contributed by atoms with van der Waals surface area (Å²) < 4.78 is 10.1. The van der Waals surface area contributed by atoms with Crippen molar-refractivity contribution in [3.8, 4) is 11.5 Å². The van der Waals surface area contributed by atoms with Crippen LogP contribution in [0, 0.1) is 0 Å². The topological polar surface area (TPSA) is 59.0 Å². The van der Waals surface area contributed by atoms with Crippen LogP contribution < -0.4 is 4.74 Å². The third kappa shape index (κ3) is 5.61. The van der Waals surface area contributed by atoms with Crippen molar-refractivity contribution < 1.29 is 19.4 Å². The Bertz CT molecular complexity index is 418. The number of rotatable bonds is 7. The van der Waals surface area contributed by atoms with E-state index < -0.39 is 0 Å². The van der Waals surface area contributed by atoms with E-state index in [0.29, 0.717) is 25.2 Å². The van der Waals surface area contributed by atoms with Crippen molar-refractivity contribution >= 4 is 5.97 Å². The molecule has 0 saturated heterocycles. The maximum atomic E-state index is 11.5. The number of carbonyl (C=O) groups excluding carboxylic acids is 1. The number of carbonyl (C=O) groups is 1. The average molecular weight is 267 g/mol. The molecule has 0 spiro atoms. The van der Waals surface area contributed by atoms with Crippen LogP contribution in [0.2, 0.25) is 0 Å². The van der Waals surface area contributed by atoms with E-state index >= 15 is 0 Å². The molecule has 0 aliphatic heterocycles. The van der Waals surface area contributed by atoms with Crippen LogP contribution in [0.3, 0.4) is 0 Å². The van der Waals surface area contributed by atoms with Gasteiger partial charge in [0.15, 0.2) is 11.5 Å². The second kappa shape index (κ2) is 7.63. The Kier molecular flexibility index (Phi) is 6.15. The highest BCUT2D eigenvalue weighted by atomic mass is 16.5. The smallest absolute Gasteiger partial charge is 0.306 e. The SMILES string of the molecule is COc1cc(CCC(=O)OCCN(C)C)ccc1O. The second-order valence-electron chi connectivity index (χ2n) is 4.53. The van der Waals surface area contributed by atoms with Crippen LogP contribution in [0.5, 0.6) is 11.5 Å². The summed E-state index contributed by atoms with van der Waals surface area (Å²) in [5, 5.41) is 9.46. The van der Waals surface area contributed by atoms with E-state index in [4.69, 9.17) is 9.47 Å². The second-order valence-corrected chi connectivity index (χ2v) is 4.53. The van der Waals surface area contributed by atoms with Crippen LogP contribution in [0.25, 0.3) is 0 Å². The van der Waals surface area contributed by atoms with Crippen molar-refractivity contribution in [3.05, 3.63) is 23.8 Å². The van der Waals surface area contributed by atoms with Crippen LogP contribution in [0.15, 0.2) is 18.2 Å². The fourth-order valence-electron chi connectivity index (χ4n) is 1.54. The van der Waals surface area contributed by atoms with Gasteiger partial charge in [-0.2, -0.15) is 0 Å². The minimum Gasteiger partial charge on any atom is -0.504 e. The predicted octanol–water partition coefficient (Wildman–Crippen LogP) is 1.44. The molecule has 0 aromatic heterocycles. The number of nitrogens with zero attached hydrogens (tertiary/aromatic N) is 1. The number of methoxy groups -OCH3 is 1. The Morgan fingerprint density at radius 1 is 1.37 bits per heavy atom. The van der Waals surface area contributed by atoms with Gasteiger partial charge in [0.2, 0.25) is 0 Å². The summed E-state index contributed by atoms with van der Waals surface area (Å²) in [6.07, 6.45) is 0.888. The third-order valence-electron chi connectivity index (χ3n) is 2.66. The normalized spacial score (nSPS) is 10.5. The maximum Gasteiger partial charge on any atom is 0.306 e. The number of aromatic hydroxyl groups is 1. The molecule has 0 unspecified atom stereocenters. The predicted molar refractivity (Wildman–Crippen MR) is 72.5 cm³/mol. The monoisotopic (exact) mass is 267 g/mol. The first-order chi connectivity index (χ1) is 9.02. The van der Waals surface area contributed by atoms with Crippen molar-refractivity contribution in [2.45, 2.75) is 12.8 Å². The summed E-state index contributed by atoms with van der Waals surface area (Å²) in [6, 6.07) is 5.05. The van der Waals surface area contributed by atoms with Gasteiger partial charge in [0.25, 0.3) is 0 Å². The molecular weight excluding hydrogens is 246 g/mol. The van der Waals surface area contributed by atoms with Crippen LogP contribution >= 0.6 is 0 Å². The van der Waals surface area contributed by atoms with E-state index in [1.54, 1.807) is 18.2 Å². The molecule has 0 bridgehead atoms. The first-order valence-corrected chi connectivity index (χ1v) is 6.19. The van der Waals surface area contributed by atoms with Gasteiger partial charge in [-0.1, -0.05) is 6.07 Å². The lowest BCUT2D eigenvalue weighted by Gasteiger charge is -2.10. The molecule has 5 nitrogen and oxygen atoms in total. The minimum atomic E-state index is -0.214. The zero-order chi connectivity index (χ0) is 14.3. The molecule has 0 aliphatic rings. The first kappa shape index (κ1) is 15.3. The van der Waals surface area contributed by atoms with Gasteiger partial charge >= 0.3 is 5.97 Å². The Balaban J connectivity index is 2.37. The van der Waals surface area contributed by atoms with Gasteiger partial charge in [0.1, 0.15) is 6.61 Å². The van der Waals surface area contributed by atoms with Crippen LogP contribution in [0.4, 0.5) is 0 Å². The van der Waals surface area contributed by atoms with Gasteiger partial charge in [-0.15, -0.1) is 0 Å². The molecule has 1 rings (SSSR count). The van der Waals surface area contributed by atoms with Gasteiger partial charge < -0.3 is 19.5 Å². The summed E-state index contributed by atoms with van der Waals surface area (Å²) in [6.45, 7) is 1.13. The van der Waals surface area contributed by atoms with Gasteiger partial charge in [-0.05, 0) is 38.2 Å². The van der Waals surface area contributed by atoms with Crippen molar-refractivity contribution in [3.63, 3.8) is 0 Å². The van der Waals surface area contributed by atoms with Crippen molar-refractivity contribution in [2.24, 2.45) is 0 Å². The van der Waals surface area contributed by atoms with Crippen LogP contribution in [-0.2, 0) is 16.0 Å². The van der Waals surface area contributed by atoms with Gasteiger partial charge in [-0.3, -0.25) is 4.79 Å². The average Bonchev–Trinajstić information content (AvgIpc) is 2.37. The maximum absolute atomic E-state index is 11.5. The van der Waals surface area contributed by atoms with E-state index in [-0.39, 0.29) is 11.7 Å². The van der Waals surface area contributed by atoms with E-state index in [9.17, 15) is 9.90 Å². The molecule has 106 valence electrons. The minimum absolute atomic E-state index is 0.0970. The number of hydrogen-bond acceptors (Lipinski definition) is 5. The summed E-state index contributed by atoms with van der Waals surface area (Å²) >= 11 is 0. The van der Waals surface area contributed by atoms with Gasteiger partial charge in [0.05, 0.1) is 7.11 Å². The summed E-state index contributed by atoms with van der Waals surface area (Å²) in [5.74, 6) is 0.298. The molecule has 0 radical (unpaired) electrons. The van der Waals surface area contributed by atoms with Crippen molar-refractivity contribution in [2.75, 3.05) is 34.4 Å². The van der Waals surface area contributed by atoms with Crippen molar-refractivity contribution in [1.82, 2.24) is 4.90 Å². The molecular formula is C14H21NO4. The lowest BCUT2D eigenvalue weighted by atomic mass is 10.1. The zero-order valence-electron chi connectivity index (χ0n) is 11.7. The van der Waals surface area contributed by atoms with Gasteiger partial charge in [-0.25, -0.2) is 0 Å². The molecule has 1 N–H and O–H groups in total. The Morgan fingerprint density at radius 3 is 2.74 bits per heavy atom. The van der Waals surface area contributed by atoms with Crippen LogP contribution in [0.1, 0.15) is 12.0 Å². The number of hydrogen-bond donors (Lipinski definition) is 1. The summed E-state index contributed by atoms with van der Waals surface area (Å²) in [7, 11) is 5.35. The fraction of sp³-hybridized carbons (Fsp3) is 0.500. The van der Waals surface area contributed by atoms with E-state index in [1.165, 1.54) is 7.11 Å². The van der Waals surface area contributed by atoms with Crippen LogP contribution in [-0.4, -0.2) is 50.3 Å². The largest absolute Gasteiger partial charge is 0.504 e. The third-order valence-corrected chi connectivity index (χ3v) is 2.66. The molecule has 0 aliphatic carbocycles. The van der Waals surface area contributed by atoms with E-state index in [2.05, 4.69) is 0 Å². The molecule has 0 heterocycles. The number of phenolic OH excluding ortho intramolecular Hbond substituents is 1. The number of likely N-dealkylation sites (N-methyl/N-ethyl adjacent to an activating group) is 1. The van der Waals surface area contributed by atoms with E-state index in [0.717, 1.165) is 12.1 Å². The zero-order valence-corrected chi connectivity index (χ0v) is 11.7. The molecule has 1 aromatic carbocycles. The molecule has 0 amide bonds. The molecule has 0 fully saturated rings. The molecule has 1 aromatic rings. The number of benzene rings is 1. The summed E-state index contributed by atoms with van der Waals surface area (Å²) in [4.78, 5) is 13.5. The Hall–Kier alpha value is -1.75. The quantitative estimate of drug-likeness (QED) is 0.757. The molecule has 19 heavy (non-hydrogen) atoms. The summed E-state index contributed by atoms with van der Waals surface area (Å²) in [5.41, 5.74) is 0.930. The highest BCUT2D eigenvalue weighted by molar-refractivity contribution is 5.69. The highest BCUT2D eigenvalue weighted by Crippen LogP contribution is 2.26. The highest BCUT2D eigenvalue weighted by Gasteiger charge is 2.07. The molecule has 5 heteroatoms. The fourth-order valence-corrected chi connectivity index (χ4v) is 1.54. The number of ether oxygens (including phenoxy) is 2. The lowest BCUT2D eigenvalue weighted by Crippen LogP contribution is -2.20. The lowest BCUT2D eigenvalue weighted by molar-refractivity contribution is -0.143. The first-order valence-electron chi connectivity index (χ1n) is 6.19. The number of phenols is 1. The molecule has 0 atom stereocenters. The standard InChI is InChI=1S/C14H21NO4/c1-15(2)8-9-19-14(17)7-5-11-4-6-12(16)13(10-11)18-3/h4,6,10,16H,5,7-9H2,1-3H3. The Morgan fingerprint density at radius 2 is 2.11 bits per heavy atom. The van der Waals surface area contributed by atoms with E-state index in [1.807, 2.05) is 19.0 Å².